The first-order chi connectivity index (χ1) is 7.58. The SMILES string of the molecule is Cc1ncnc(NC2CC(C)N(C)C2)c1C. The van der Waals surface area contributed by atoms with E-state index in [4.69, 9.17) is 0 Å². The third kappa shape index (κ3) is 2.16. The zero-order valence-electron chi connectivity index (χ0n) is 10.5. The highest BCUT2D eigenvalue weighted by Gasteiger charge is 2.26. The summed E-state index contributed by atoms with van der Waals surface area (Å²) in [5.41, 5.74) is 2.21. The van der Waals surface area contributed by atoms with E-state index in [1.165, 1.54) is 6.42 Å². The maximum atomic E-state index is 4.31. The molecule has 2 unspecified atom stereocenters. The Morgan fingerprint density at radius 3 is 2.75 bits per heavy atom. The van der Waals surface area contributed by atoms with Gasteiger partial charge >= 0.3 is 0 Å². The Bertz CT molecular complexity index is 367. The Hall–Kier alpha value is -1.16. The van der Waals surface area contributed by atoms with Crippen LogP contribution in [0, 0.1) is 13.8 Å². The quantitative estimate of drug-likeness (QED) is 0.822. The first kappa shape index (κ1) is 11.3. The summed E-state index contributed by atoms with van der Waals surface area (Å²) < 4.78 is 0. The van der Waals surface area contributed by atoms with Crippen molar-refractivity contribution in [2.45, 2.75) is 39.3 Å². The van der Waals surface area contributed by atoms with Crippen LogP contribution < -0.4 is 5.32 Å². The zero-order valence-corrected chi connectivity index (χ0v) is 10.5. The average molecular weight is 220 g/mol. The molecule has 0 bridgehead atoms. The average Bonchev–Trinajstić information content (AvgIpc) is 2.54. The fourth-order valence-corrected chi connectivity index (χ4v) is 2.18. The first-order valence-electron chi connectivity index (χ1n) is 5.83. The minimum absolute atomic E-state index is 0.507. The fourth-order valence-electron chi connectivity index (χ4n) is 2.18. The van der Waals surface area contributed by atoms with Gasteiger partial charge in [0.1, 0.15) is 12.1 Å². The van der Waals surface area contributed by atoms with Crippen molar-refractivity contribution in [1.29, 1.82) is 0 Å². The summed E-state index contributed by atoms with van der Waals surface area (Å²) in [7, 11) is 2.17. The van der Waals surface area contributed by atoms with Crippen LogP contribution in [0.5, 0.6) is 0 Å². The molecular weight excluding hydrogens is 200 g/mol. The van der Waals surface area contributed by atoms with Crippen molar-refractivity contribution >= 4 is 5.82 Å². The Balaban J connectivity index is 2.08. The van der Waals surface area contributed by atoms with Crippen LogP contribution >= 0.6 is 0 Å². The van der Waals surface area contributed by atoms with Crippen LogP contribution in [0.2, 0.25) is 0 Å². The van der Waals surface area contributed by atoms with Crippen molar-refractivity contribution in [1.82, 2.24) is 14.9 Å². The number of likely N-dealkylation sites (tertiary alicyclic amines) is 1. The van der Waals surface area contributed by atoms with E-state index in [0.29, 0.717) is 12.1 Å². The van der Waals surface area contributed by atoms with Gasteiger partial charge in [-0.1, -0.05) is 0 Å². The van der Waals surface area contributed by atoms with E-state index < -0.39 is 0 Å². The fraction of sp³-hybridized carbons (Fsp3) is 0.667. The summed E-state index contributed by atoms with van der Waals surface area (Å²) in [6.07, 6.45) is 2.81. The second kappa shape index (κ2) is 4.37. The molecule has 88 valence electrons. The standard InChI is InChI=1S/C12H20N4/c1-8-5-11(6-16(8)4)15-12-9(2)10(3)13-7-14-12/h7-8,11H,5-6H2,1-4H3,(H,13,14,15). The smallest absolute Gasteiger partial charge is 0.132 e. The van der Waals surface area contributed by atoms with Crippen LogP contribution in [0.15, 0.2) is 6.33 Å². The lowest BCUT2D eigenvalue weighted by atomic mass is 10.2. The molecule has 1 saturated heterocycles. The van der Waals surface area contributed by atoms with Gasteiger partial charge in [0.15, 0.2) is 0 Å². The van der Waals surface area contributed by atoms with Gasteiger partial charge in [0.05, 0.1) is 0 Å². The van der Waals surface area contributed by atoms with Crippen molar-refractivity contribution in [3.8, 4) is 0 Å². The van der Waals surface area contributed by atoms with Gasteiger partial charge in [-0.25, -0.2) is 9.97 Å². The maximum absolute atomic E-state index is 4.31. The normalized spacial score (nSPS) is 26.0. The summed E-state index contributed by atoms with van der Waals surface area (Å²) in [4.78, 5) is 10.9. The Labute approximate surface area is 97.1 Å². The van der Waals surface area contributed by atoms with Crippen molar-refractivity contribution in [3.05, 3.63) is 17.6 Å². The number of hydrogen-bond donors (Lipinski definition) is 1. The highest BCUT2D eigenvalue weighted by molar-refractivity contribution is 5.45. The molecule has 1 aromatic rings. The summed E-state index contributed by atoms with van der Waals surface area (Å²) in [5, 5.41) is 3.52. The Morgan fingerprint density at radius 2 is 2.12 bits per heavy atom. The minimum Gasteiger partial charge on any atom is -0.366 e. The monoisotopic (exact) mass is 220 g/mol. The Kier molecular flexibility index (Phi) is 3.10. The van der Waals surface area contributed by atoms with Gasteiger partial charge in [0, 0.05) is 29.9 Å². The van der Waals surface area contributed by atoms with Crippen molar-refractivity contribution < 1.29 is 0 Å². The molecule has 1 N–H and O–H groups in total. The van der Waals surface area contributed by atoms with Gasteiger partial charge in [0.2, 0.25) is 0 Å². The van der Waals surface area contributed by atoms with E-state index >= 15 is 0 Å². The molecule has 0 radical (unpaired) electrons. The van der Waals surface area contributed by atoms with E-state index in [1.54, 1.807) is 6.33 Å². The Morgan fingerprint density at radius 1 is 1.38 bits per heavy atom. The molecule has 2 heterocycles. The number of aromatic nitrogens is 2. The van der Waals surface area contributed by atoms with Gasteiger partial charge in [-0.05, 0) is 34.2 Å². The third-order valence-electron chi connectivity index (χ3n) is 3.56. The number of nitrogens with one attached hydrogen (secondary N) is 1. The molecule has 0 saturated carbocycles. The van der Waals surface area contributed by atoms with E-state index in [1.807, 2.05) is 6.92 Å². The van der Waals surface area contributed by atoms with Crippen molar-refractivity contribution in [2.75, 3.05) is 18.9 Å². The summed E-state index contributed by atoms with van der Waals surface area (Å²) >= 11 is 0. The zero-order chi connectivity index (χ0) is 11.7. The van der Waals surface area contributed by atoms with Crippen LogP contribution in [0.25, 0.3) is 0 Å². The number of likely N-dealkylation sites (N-methyl/N-ethyl adjacent to an activating group) is 1. The number of anilines is 1. The molecule has 4 heteroatoms. The third-order valence-corrected chi connectivity index (χ3v) is 3.56. The molecule has 16 heavy (non-hydrogen) atoms. The molecule has 0 spiro atoms. The van der Waals surface area contributed by atoms with Gasteiger partial charge in [-0.3, -0.25) is 0 Å². The highest BCUT2D eigenvalue weighted by Crippen LogP contribution is 2.20. The lowest BCUT2D eigenvalue weighted by Crippen LogP contribution is -2.25. The molecular formula is C12H20N4. The van der Waals surface area contributed by atoms with Crippen LogP contribution in [0.4, 0.5) is 5.82 Å². The maximum Gasteiger partial charge on any atom is 0.132 e. The molecule has 0 aromatic carbocycles. The first-order valence-corrected chi connectivity index (χ1v) is 5.83. The van der Waals surface area contributed by atoms with Gasteiger partial charge in [0.25, 0.3) is 0 Å². The number of hydrogen-bond acceptors (Lipinski definition) is 4. The highest BCUT2D eigenvalue weighted by atomic mass is 15.2. The molecule has 1 fully saturated rings. The molecule has 2 rings (SSSR count). The molecule has 4 nitrogen and oxygen atoms in total. The number of aryl methyl sites for hydroxylation is 1. The van der Waals surface area contributed by atoms with Crippen molar-refractivity contribution in [3.63, 3.8) is 0 Å². The minimum atomic E-state index is 0.507. The summed E-state index contributed by atoms with van der Waals surface area (Å²) in [6, 6.07) is 1.16. The molecule has 0 amide bonds. The second-order valence-corrected chi connectivity index (χ2v) is 4.80. The van der Waals surface area contributed by atoms with Crippen LogP contribution in [-0.4, -0.2) is 40.5 Å². The molecule has 1 aliphatic heterocycles. The lowest BCUT2D eigenvalue weighted by molar-refractivity contribution is 0.330. The largest absolute Gasteiger partial charge is 0.366 e. The van der Waals surface area contributed by atoms with Crippen LogP contribution in [0.3, 0.4) is 0 Å². The molecule has 0 aliphatic carbocycles. The predicted octanol–water partition coefficient (Wildman–Crippen LogP) is 1.60. The van der Waals surface area contributed by atoms with Crippen LogP contribution in [-0.2, 0) is 0 Å². The second-order valence-electron chi connectivity index (χ2n) is 4.80. The predicted molar refractivity (Wildman–Crippen MR) is 65.6 cm³/mol. The topological polar surface area (TPSA) is 41.1 Å². The van der Waals surface area contributed by atoms with Gasteiger partial charge in [-0.2, -0.15) is 0 Å². The van der Waals surface area contributed by atoms with Crippen LogP contribution in [0.1, 0.15) is 24.6 Å². The van der Waals surface area contributed by atoms with E-state index in [-0.39, 0.29) is 0 Å². The van der Waals surface area contributed by atoms with Gasteiger partial charge < -0.3 is 10.2 Å². The summed E-state index contributed by atoms with van der Waals surface area (Å²) in [5.74, 6) is 0.986. The van der Waals surface area contributed by atoms with Crippen molar-refractivity contribution in [2.24, 2.45) is 0 Å². The van der Waals surface area contributed by atoms with E-state index in [9.17, 15) is 0 Å². The molecule has 2 atom stereocenters. The van der Waals surface area contributed by atoms with Gasteiger partial charge in [-0.15, -0.1) is 0 Å². The molecule has 1 aliphatic rings. The summed E-state index contributed by atoms with van der Waals surface area (Å²) in [6.45, 7) is 7.44. The number of rotatable bonds is 2. The lowest BCUT2D eigenvalue weighted by Gasteiger charge is -2.15. The molecule has 1 aromatic heterocycles. The number of nitrogens with zero attached hydrogens (tertiary/aromatic N) is 3. The van der Waals surface area contributed by atoms with E-state index in [2.05, 4.69) is 41.1 Å². The van der Waals surface area contributed by atoms with E-state index in [0.717, 1.165) is 23.6 Å².